The molecule has 0 aliphatic carbocycles. The smallest absolute Gasteiger partial charge is 0.262 e. The van der Waals surface area contributed by atoms with Crippen LogP contribution in [0.1, 0.15) is 11.5 Å². The van der Waals surface area contributed by atoms with Crippen molar-refractivity contribution in [2.45, 2.75) is 24.1 Å². The van der Waals surface area contributed by atoms with Crippen LogP contribution in [0.3, 0.4) is 0 Å². The van der Waals surface area contributed by atoms with E-state index in [-0.39, 0.29) is 0 Å². The first-order valence-corrected chi connectivity index (χ1v) is 6.13. The van der Waals surface area contributed by atoms with Crippen molar-refractivity contribution in [2.24, 2.45) is 0 Å². The third-order valence-corrected chi connectivity index (χ3v) is 3.85. The van der Waals surface area contributed by atoms with Crippen LogP contribution in [-0.2, 0) is 0 Å². The summed E-state index contributed by atoms with van der Waals surface area (Å²) in [7, 11) is 0. The highest BCUT2D eigenvalue weighted by Gasteiger charge is 2.10. The van der Waals surface area contributed by atoms with E-state index < -0.39 is 0 Å². The van der Waals surface area contributed by atoms with Crippen molar-refractivity contribution < 1.29 is 4.42 Å². The first-order chi connectivity index (χ1) is 7.16. The van der Waals surface area contributed by atoms with Crippen molar-refractivity contribution >= 4 is 34.4 Å². The fourth-order valence-corrected chi connectivity index (χ4v) is 2.34. The highest BCUT2D eigenvalue weighted by molar-refractivity contribution is 14.1. The summed E-state index contributed by atoms with van der Waals surface area (Å²) in [6.45, 7) is 3.82. The largest absolute Gasteiger partial charge is 0.436 e. The summed E-state index contributed by atoms with van der Waals surface area (Å²) in [5, 5.41) is 1.49. The summed E-state index contributed by atoms with van der Waals surface area (Å²) in [6.07, 6.45) is 3.28. The van der Waals surface area contributed by atoms with Gasteiger partial charge in [-0.1, -0.05) is 0 Å². The summed E-state index contributed by atoms with van der Waals surface area (Å²) >= 11 is 3.60. The molecule has 78 valence electrons. The summed E-state index contributed by atoms with van der Waals surface area (Å²) in [5.41, 5.74) is 0.918. The number of hydrogen-bond donors (Lipinski definition) is 0. The Labute approximate surface area is 105 Å². The fourth-order valence-electron chi connectivity index (χ4n) is 0.946. The average molecular weight is 333 g/mol. The second-order valence-electron chi connectivity index (χ2n) is 2.90. The Morgan fingerprint density at radius 3 is 2.80 bits per heavy atom. The van der Waals surface area contributed by atoms with Gasteiger partial charge in [0, 0.05) is 6.20 Å². The maximum absolute atomic E-state index is 5.46. The minimum absolute atomic E-state index is 0.626. The lowest BCUT2D eigenvalue weighted by Gasteiger charge is -1.97. The molecule has 15 heavy (non-hydrogen) atoms. The molecule has 0 aromatic carbocycles. The van der Waals surface area contributed by atoms with E-state index in [1.54, 1.807) is 6.20 Å². The summed E-state index contributed by atoms with van der Waals surface area (Å²) in [4.78, 5) is 12.4. The van der Waals surface area contributed by atoms with Crippen molar-refractivity contribution in [1.82, 2.24) is 15.0 Å². The average Bonchev–Trinajstić information content (AvgIpc) is 2.50. The van der Waals surface area contributed by atoms with Gasteiger partial charge in [-0.3, -0.25) is 0 Å². The summed E-state index contributed by atoms with van der Waals surface area (Å²) < 4.78 is 6.46. The number of rotatable bonds is 2. The van der Waals surface area contributed by atoms with E-state index >= 15 is 0 Å². The summed E-state index contributed by atoms with van der Waals surface area (Å²) in [5.74, 6) is 0.849. The van der Waals surface area contributed by atoms with Gasteiger partial charge in [0.15, 0.2) is 0 Å². The number of aryl methyl sites for hydroxylation is 2. The van der Waals surface area contributed by atoms with Crippen LogP contribution in [0.5, 0.6) is 0 Å². The molecule has 0 N–H and O–H groups in total. The normalized spacial score (nSPS) is 10.6. The van der Waals surface area contributed by atoms with Gasteiger partial charge in [0.2, 0.25) is 0 Å². The van der Waals surface area contributed by atoms with Gasteiger partial charge in [-0.25, -0.2) is 15.0 Å². The Hall–Kier alpha value is -0.630. The molecule has 4 nitrogen and oxygen atoms in total. The molecule has 2 heterocycles. The second-order valence-corrected chi connectivity index (χ2v) is 5.00. The Morgan fingerprint density at radius 2 is 2.20 bits per heavy atom. The lowest BCUT2D eigenvalue weighted by atomic mass is 10.4. The second kappa shape index (κ2) is 4.48. The molecule has 0 spiro atoms. The molecule has 2 aromatic heterocycles. The van der Waals surface area contributed by atoms with Crippen LogP contribution in [0.2, 0.25) is 0 Å². The number of halogens is 1. The van der Waals surface area contributed by atoms with Crippen LogP contribution in [-0.4, -0.2) is 15.0 Å². The van der Waals surface area contributed by atoms with Gasteiger partial charge in [0.1, 0.15) is 17.1 Å². The first kappa shape index (κ1) is 10.9. The molecule has 0 aliphatic heterocycles. The molecule has 0 saturated carbocycles. The van der Waals surface area contributed by atoms with Gasteiger partial charge in [-0.2, -0.15) is 0 Å². The zero-order chi connectivity index (χ0) is 10.8. The summed E-state index contributed by atoms with van der Waals surface area (Å²) in [6, 6.07) is 0. The Kier molecular flexibility index (Phi) is 3.25. The number of oxazole rings is 1. The number of hydrogen-bond acceptors (Lipinski definition) is 5. The molecule has 0 amide bonds. The van der Waals surface area contributed by atoms with Crippen LogP contribution in [0.4, 0.5) is 0 Å². The van der Waals surface area contributed by atoms with Gasteiger partial charge in [-0.05, 0) is 48.2 Å². The maximum Gasteiger partial charge on any atom is 0.262 e. The van der Waals surface area contributed by atoms with Crippen molar-refractivity contribution in [2.75, 3.05) is 0 Å². The van der Waals surface area contributed by atoms with Crippen LogP contribution in [0.15, 0.2) is 27.2 Å². The van der Waals surface area contributed by atoms with Gasteiger partial charge in [0.25, 0.3) is 5.22 Å². The van der Waals surface area contributed by atoms with Gasteiger partial charge in [-0.15, -0.1) is 0 Å². The zero-order valence-corrected chi connectivity index (χ0v) is 11.2. The molecule has 0 atom stereocenters. The molecular formula is C9H8IN3OS. The molecule has 2 aromatic rings. The molecule has 6 heteroatoms. The van der Waals surface area contributed by atoms with Crippen molar-refractivity contribution in [3.63, 3.8) is 0 Å². The Bertz CT molecular complexity index is 466. The van der Waals surface area contributed by atoms with E-state index in [0.717, 1.165) is 20.1 Å². The Morgan fingerprint density at radius 1 is 1.40 bits per heavy atom. The van der Waals surface area contributed by atoms with Gasteiger partial charge < -0.3 is 4.42 Å². The molecular weight excluding hydrogens is 325 g/mol. The first-order valence-electron chi connectivity index (χ1n) is 4.24. The Balaban J connectivity index is 2.26. The van der Waals surface area contributed by atoms with Crippen LogP contribution >= 0.6 is 34.4 Å². The highest BCUT2D eigenvalue weighted by Crippen LogP contribution is 2.29. The third kappa shape index (κ3) is 2.49. The van der Waals surface area contributed by atoms with Crippen LogP contribution in [0, 0.1) is 17.4 Å². The lowest BCUT2D eigenvalue weighted by Crippen LogP contribution is -1.86. The van der Waals surface area contributed by atoms with Crippen molar-refractivity contribution in [3.8, 4) is 0 Å². The fraction of sp³-hybridized carbons (Fsp3) is 0.222. The third-order valence-electron chi connectivity index (χ3n) is 1.83. The van der Waals surface area contributed by atoms with E-state index in [4.69, 9.17) is 4.42 Å². The quantitative estimate of drug-likeness (QED) is 0.625. The molecule has 0 saturated heterocycles. The molecule has 0 bridgehead atoms. The molecule has 0 fully saturated rings. The standard InChI is InChI=1S/C9H8IN3OS/c1-5-6(2)14-9(13-5)15-8-7(10)3-11-4-12-8/h3-4H,1-2H3. The molecule has 0 unspecified atom stereocenters. The van der Waals surface area contributed by atoms with E-state index in [1.807, 2.05) is 13.8 Å². The number of nitrogens with zero attached hydrogens (tertiary/aromatic N) is 3. The van der Waals surface area contributed by atoms with E-state index in [2.05, 4.69) is 37.5 Å². The van der Waals surface area contributed by atoms with Gasteiger partial charge in [0.05, 0.1) is 9.26 Å². The van der Waals surface area contributed by atoms with E-state index in [0.29, 0.717) is 5.22 Å². The molecule has 2 rings (SSSR count). The topological polar surface area (TPSA) is 51.8 Å². The predicted octanol–water partition coefficient (Wildman–Crippen LogP) is 2.84. The lowest BCUT2D eigenvalue weighted by molar-refractivity contribution is 0.431. The van der Waals surface area contributed by atoms with Crippen molar-refractivity contribution in [1.29, 1.82) is 0 Å². The SMILES string of the molecule is Cc1nc(Sc2ncncc2I)oc1C. The highest BCUT2D eigenvalue weighted by atomic mass is 127. The minimum Gasteiger partial charge on any atom is -0.436 e. The van der Waals surface area contributed by atoms with E-state index in [1.165, 1.54) is 18.1 Å². The zero-order valence-electron chi connectivity index (χ0n) is 8.19. The number of aromatic nitrogens is 3. The van der Waals surface area contributed by atoms with Crippen molar-refractivity contribution in [3.05, 3.63) is 27.5 Å². The maximum atomic E-state index is 5.46. The van der Waals surface area contributed by atoms with Crippen LogP contribution < -0.4 is 0 Å². The predicted molar refractivity (Wildman–Crippen MR) is 64.8 cm³/mol. The van der Waals surface area contributed by atoms with E-state index in [9.17, 15) is 0 Å². The molecule has 0 radical (unpaired) electrons. The monoisotopic (exact) mass is 333 g/mol. The van der Waals surface area contributed by atoms with Gasteiger partial charge >= 0.3 is 0 Å². The molecule has 0 aliphatic rings. The minimum atomic E-state index is 0.626. The van der Waals surface area contributed by atoms with Crippen LogP contribution in [0.25, 0.3) is 0 Å².